The van der Waals surface area contributed by atoms with Crippen LogP contribution in [-0.2, 0) is 17.4 Å². The van der Waals surface area contributed by atoms with Gasteiger partial charge in [0.1, 0.15) is 11.5 Å². The molecule has 0 saturated heterocycles. The van der Waals surface area contributed by atoms with E-state index in [9.17, 15) is 28.1 Å². The van der Waals surface area contributed by atoms with E-state index in [2.05, 4.69) is 5.32 Å². The fraction of sp³-hybridized carbons (Fsp3) is 0.278. The van der Waals surface area contributed by atoms with Crippen molar-refractivity contribution in [1.82, 2.24) is 5.32 Å². The van der Waals surface area contributed by atoms with Gasteiger partial charge in [0.05, 0.1) is 21.9 Å². The molecule has 0 aliphatic carbocycles. The smallest absolute Gasteiger partial charge is 0.416 e. The summed E-state index contributed by atoms with van der Waals surface area (Å²) in [6, 6.07) is 6.16. The Morgan fingerprint density at radius 2 is 1.93 bits per heavy atom. The number of carbonyl (C=O) groups is 1. The Balaban J connectivity index is 2.30. The lowest BCUT2D eigenvalue weighted by Crippen LogP contribution is -2.31. The van der Waals surface area contributed by atoms with Crippen molar-refractivity contribution in [3.63, 3.8) is 0 Å². The summed E-state index contributed by atoms with van der Waals surface area (Å²) in [7, 11) is 0. The van der Waals surface area contributed by atoms with Crippen molar-refractivity contribution < 1.29 is 27.6 Å². The standard InChI is InChI=1S/C18H16ClF3N2O4/c1-10(2)23-17(25)8-11-7-13(4-5-15(11)24(26)27)28-16-6-3-12(9-14(16)19)18(20,21)22/h3-7,9-10H,8H2,1-2H3,(H,23,25). The third-order valence-electron chi connectivity index (χ3n) is 3.54. The van der Waals surface area contributed by atoms with Crippen LogP contribution in [0, 0.1) is 10.1 Å². The summed E-state index contributed by atoms with van der Waals surface area (Å²) in [6.07, 6.45) is -4.81. The van der Waals surface area contributed by atoms with E-state index in [1.807, 2.05) is 0 Å². The molecule has 0 spiro atoms. The van der Waals surface area contributed by atoms with Crippen molar-refractivity contribution in [2.24, 2.45) is 0 Å². The molecule has 0 bridgehead atoms. The van der Waals surface area contributed by atoms with Crippen molar-refractivity contribution in [3.05, 3.63) is 62.7 Å². The number of benzene rings is 2. The molecular formula is C18H16ClF3N2O4. The number of alkyl halides is 3. The van der Waals surface area contributed by atoms with Gasteiger partial charge in [-0.05, 0) is 44.2 Å². The van der Waals surface area contributed by atoms with Gasteiger partial charge in [0.2, 0.25) is 5.91 Å². The normalized spacial score (nSPS) is 11.4. The zero-order valence-electron chi connectivity index (χ0n) is 14.8. The molecule has 0 atom stereocenters. The number of nitrogens with one attached hydrogen (secondary N) is 1. The molecule has 0 radical (unpaired) electrons. The van der Waals surface area contributed by atoms with Gasteiger partial charge in [-0.3, -0.25) is 14.9 Å². The molecule has 2 aromatic rings. The van der Waals surface area contributed by atoms with Crippen LogP contribution < -0.4 is 10.1 Å². The van der Waals surface area contributed by atoms with E-state index >= 15 is 0 Å². The van der Waals surface area contributed by atoms with Gasteiger partial charge >= 0.3 is 6.18 Å². The number of hydrogen-bond donors (Lipinski definition) is 1. The molecule has 6 nitrogen and oxygen atoms in total. The van der Waals surface area contributed by atoms with Crippen LogP contribution in [0.3, 0.4) is 0 Å². The molecule has 2 aromatic carbocycles. The first kappa shape index (κ1) is 21.5. The van der Waals surface area contributed by atoms with Crippen molar-refractivity contribution in [2.75, 3.05) is 0 Å². The second-order valence-corrected chi connectivity index (χ2v) is 6.60. The number of rotatable bonds is 6. The van der Waals surface area contributed by atoms with Gasteiger partial charge in [-0.25, -0.2) is 0 Å². The summed E-state index contributed by atoms with van der Waals surface area (Å²) < 4.78 is 43.6. The lowest BCUT2D eigenvalue weighted by atomic mass is 10.1. The van der Waals surface area contributed by atoms with E-state index in [-0.39, 0.29) is 40.2 Å². The summed E-state index contributed by atoms with van der Waals surface area (Å²) in [5.41, 5.74) is -1.10. The van der Waals surface area contributed by atoms with Gasteiger partial charge in [0, 0.05) is 17.7 Å². The molecule has 0 heterocycles. The fourth-order valence-corrected chi connectivity index (χ4v) is 2.60. The van der Waals surface area contributed by atoms with Crippen LogP contribution in [0.2, 0.25) is 5.02 Å². The first-order valence-electron chi connectivity index (χ1n) is 8.08. The van der Waals surface area contributed by atoms with E-state index in [1.165, 1.54) is 12.1 Å². The summed E-state index contributed by atoms with van der Waals surface area (Å²) in [5.74, 6) is -0.372. The minimum atomic E-state index is -4.55. The molecule has 0 aliphatic heterocycles. The van der Waals surface area contributed by atoms with Gasteiger partial charge in [-0.2, -0.15) is 13.2 Å². The zero-order chi connectivity index (χ0) is 21.1. The Morgan fingerprint density at radius 1 is 1.25 bits per heavy atom. The summed E-state index contributed by atoms with van der Waals surface area (Å²) in [5, 5.41) is 13.5. The van der Waals surface area contributed by atoms with Crippen LogP contribution in [0.5, 0.6) is 11.5 Å². The topological polar surface area (TPSA) is 81.5 Å². The van der Waals surface area contributed by atoms with Crippen LogP contribution in [0.25, 0.3) is 0 Å². The van der Waals surface area contributed by atoms with Crippen LogP contribution in [0.4, 0.5) is 18.9 Å². The first-order valence-corrected chi connectivity index (χ1v) is 8.46. The summed E-state index contributed by atoms with van der Waals surface area (Å²) >= 11 is 5.85. The maximum absolute atomic E-state index is 12.7. The number of hydrogen-bond acceptors (Lipinski definition) is 4. The monoisotopic (exact) mass is 416 g/mol. The molecule has 28 heavy (non-hydrogen) atoms. The van der Waals surface area contributed by atoms with E-state index in [0.29, 0.717) is 0 Å². The van der Waals surface area contributed by atoms with Crippen molar-refractivity contribution in [2.45, 2.75) is 32.5 Å². The molecule has 0 aromatic heterocycles. The molecule has 1 N–H and O–H groups in total. The Hall–Kier alpha value is -2.81. The Kier molecular flexibility index (Phi) is 6.50. The number of nitro groups is 1. The quantitative estimate of drug-likeness (QED) is 0.523. The lowest BCUT2D eigenvalue weighted by Gasteiger charge is -2.12. The van der Waals surface area contributed by atoms with Crippen LogP contribution in [-0.4, -0.2) is 16.9 Å². The fourth-order valence-electron chi connectivity index (χ4n) is 2.38. The molecular weight excluding hydrogens is 401 g/mol. The zero-order valence-corrected chi connectivity index (χ0v) is 15.6. The molecule has 10 heteroatoms. The minimum absolute atomic E-state index is 0.0545. The first-order chi connectivity index (χ1) is 13.0. The highest BCUT2D eigenvalue weighted by Crippen LogP contribution is 2.37. The third kappa shape index (κ3) is 5.59. The Morgan fingerprint density at radius 3 is 2.46 bits per heavy atom. The van der Waals surface area contributed by atoms with Crippen molar-refractivity contribution in [3.8, 4) is 11.5 Å². The Bertz CT molecular complexity index is 901. The molecule has 0 unspecified atom stereocenters. The molecule has 0 saturated carbocycles. The molecule has 1 amide bonds. The van der Waals surface area contributed by atoms with Crippen LogP contribution >= 0.6 is 11.6 Å². The largest absolute Gasteiger partial charge is 0.456 e. The SMILES string of the molecule is CC(C)NC(=O)Cc1cc(Oc2ccc(C(F)(F)F)cc2Cl)ccc1[N+](=O)[O-]. The Labute approximate surface area is 163 Å². The maximum atomic E-state index is 12.7. The predicted octanol–water partition coefficient (Wildman–Crippen LogP) is 5.13. The highest BCUT2D eigenvalue weighted by Gasteiger charge is 2.31. The molecule has 0 fully saturated rings. The van der Waals surface area contributed by atoms with E-state index in [1.54, 1.807) is 13.8 Å². The van der Waals surface area contributed by atoms with Crippen molar-refractivity contribution >= 4 is 23.2 Å². The number of nitro benzene ring substituents is 1. The highest BCUT2D eigenvalue weighted by atomic mass is 35.5. The maximum Gasteiger partial charge on any atom is 0.416 e. The van der Waals surface area contributed by atoms with Gasteiger partial charge in [-0.15, -0.1) is 0 Å². The van der Waals surface area contributed by atoms with Gasteiger partial charge < -0.3 is 10.1 Å². The van der Waals surface area contributed by atoms with Crippen molar-refractivity contribution in [1.29, 1.82) is 0 Å². The van der Waals surface area contributed by atoms with Crippen LogP contribution in [0.1, 0.15) is 25.0 Å². The average Bonchev–Trinajstić information content (AvgIpc) is 2.54. The van der Waals surface area contributed by atoms with E-state index in [4.69, 9.17) is 16.3 Å². The molecule has 0 aliphatic rings. The average molecular weight is 417 g/mol. The second kappa shape index (κ2) is 8.47. The third-order valence-corrected chi connectivity index (χ3v) is 3.83. The molecule has 150 valence electrons. The van der Waals surface area contributed by atoms with Gasteiger partial charge in [-0.1, -0.05) is 11.6 Å². The van der Waals surface area contributed by atoms with Crippen LogP contribution in [0.15, 0.2) is 36.4 Å². The number of ether oxygens (including phenoxy) is 1. The summed E-state index contributed by atoms with van der Waals surface area (Å²) in [4.78, 5) is 22.5. The lowest BCUT2D eigenvalue weighted by molar-refractivity contribution is -0.385. The minimum Gasteiger partial charge on any atom is -0.456 e. The van der Waals surface area contributed by atoms with Gasteiger partial charge in [0.15, 0.2) is 0 Å². The number of carbonyl (C=O) groups excluding carboxylic acids is 1. The van der Waals surface area contributed by atoms with Gasteiger partial charge in [0.25, 0.3) is 5.69 Å². The molecule has 2 rings (SSSR count). The highest BCUT2D eigenvalue weighted by molar-refractivity contribution is 6.32. The number of halogens is 4. The van der Waals surface area contributed by atoms with E-state index in [0.717, 1.165) is 24.3 Å². The number of amides is 1. The summed E-state index contributed by atoms with van der Waals surface area (Å²) in [6.45, 7) is 3.50. The number of nitrogens with zero attached hydrogens (tertiary/aromatic N) is 1. The predicted molar refractivity (Wildman–Crippen MR) is 96.6 cm³/mol. The van der Waals surface area contributed by atoms with E-state index < -0.39 is 22.6 Å². The second-order valence-electron chi connectivity index (χ2n) is 6.19.